The number of hydrogen-bond donors (Lipinski definition) is 1. The van der Waals surface area contributed by atoms with E-state index in [1.165, 1.54) is 6.20 Å². The van der Waals surface area contributed by atoms with Crippen molar-refractivity contribution in [3.63, 3.8) is 0 Å². The van der Waals surface area contributed by atoms with Gasteiger partial charge in [-0.25, -0.2) is 9.50 Å². The average molecular weight is 407 g/mol. The normalized spacial score (nSPS) is 12.3. The van der Waals surface area contributed by atoms with Gasteiger partial charge in [-0.1, -0.05) is 29.8 Å². The van der Waals surface area contributed by atoms with E-state index in [-0.39, 0.29) is 12.7 Å². The average Bonchev–Trinajstić information content (AvgIpc) is 3.38. The van der Waals surface area contributed by atoms with Crippen molar-refractivity contribution >= 4 is 23.2 Å². The number of nitrogens with zero attached hydrogens (tertiary/aromatic N) is 3. The second kappa shape index (κ2) is 7.10. The highest BCUT2D eigenvalue weighted by molar-refractivity contribution is 6.30. The maximum Gasteiger partial charge on any atom is 0.257 e. The van der Waals surface area contributed by atoms with Gasteiger partial charge in [-0.2, -0.15) is 5.10 Å². The lowest BCUT2D eigenvalue weighted by Crippen LogP contribution is -2.22. The van der Waals surface area contributed by atoms with Crippen molar-refractivity contribution in [2.24, 2.45) is 0 Å². The van der Waals surface area contributed by atoms with E-state index in [0.717, 1.165) is 16.8 Å². The van der Waals surface area contributed by atoms with Crippen LogP contribution in [0.4, 0.5) is 0 Å². The van der Waals surface area contributed by atoms with Gasteiger partial charge in [0.25, 0.3) is 5.91 Å². The molecule has 0 atom stereocenters. The van der Waals surface area contributed by atoms with E-state index in [4.69, 9.17) is 21.1 Å². The summed E-state index contributed by atoms with van der Waals surface area (Å²) in [6, 6.07) is 14.9. The monoisotopic (exact) mass is 406 g/mol. The number of nitrogens with one attached hydrogen (secondary N) is 1. The molecule has 1 aliphatic heterocycles. The van der Waals surface area contributed by atoms with Gasteiger partial charge in [0.05, 0.1) is 11.9 Å². The van der Waals surface area contributed by atoms with Crippen LogP contribution < -0.4 is 14.8 Å². The predicted octanol–water partition coefficient (Wildman–Crippen LogP) is 3.71. The molecule has 4 aromatic rings. The van der Waals surface area contributed by atoms with Crippen molar-refractivity contribution in [3.8, 4) is 22.8 Å². The first kappa shape index (κ1) is 17.5. The molecule has 5 rings (SSSR count). The molecule has 0 aliphatic carbocycles. The van der Waals surface area contributed by atoms with Crippen molar-refractivity contribution in [1.82, 2.24) is 19.9 Å². The van der Waals surface area contributed by atoms with E-state index >= 15 is 0 Å². The largest absolute Gasteiger partial charge is 0.454 e. The van der Waals surface area contributed by atoms with Gasteiger partial charge >= 0.3 is 0 Å². The van der Waals surface area contributed by atoms with Crippen LogP contribution in [0.5, 0.6) is 11.5 Å². The number of ether oxygens (including phenoxy) is 2. The molecule has 144 valence electrons. The number of carbonyl (C=O) groups is 1. The molecule has 1 aliphatic rings. The van der Waals surface area contributed by atoms with Gasteiger partial charge in [0.2, 0.25) is 6.79 Å². The minimum absolute atomic E-state index is 0.216. The van der Waals surface area contributed by atoms with Crippen LogP contribution in [0.25, 0.3) is 16.9 Å². The molecule has 8 heteroatoms. The third-order valence-corrected chi connectivity index (χ3v) is 4.89. The number of halogens is 1. The molecular formula is C21H15ClN4O3. The van der Waals surface area contributed by atoms with Crippen LogP contribution in [-0.2, 0) is 6.54 Å². The fourth-order valence-corrected chi connectivity index (χ4v) is 3.44. The minimum Gasteiger partial charge on any atom is -0.454 e. The molecule has 1 N–H and O–H groups in total. The van der Waals surface area contributed by atoms with Crippen LogP contribution in [0.1, 0.15) is 15.9 Å². The lowest BCUT2D eigenvalue weighted by molar-refractivity contribution is 0.0952. The van der Waals surface area contributed by atoms with Crippen LogP contribution in [0, 0.1) is 0 Å². The number of aromatic nitrogens is 3. The van der Waals surface area contributed by atoms with Crippen molar-refractivity contribution in [1.29, 1.82) is 0 Å². The van der Waals surface area contributed by atoms with Gasteiger partial charge < -0.3 is 14.8 Å². The molecule has 0 spiro atoms. The van der Waals surface area contributed by atoms with E-state index in [9.17, 15) is 4.79 Å². The molecule has 0 radical (unpaired) electrons. The number of benzene rings is 2. The van der Waals surface area contributed by atoms with Crippen LogP contribution >= 0.6 is 11.6 Å². The summed E-state index contributed by atoms with van der Waals surface area (Å²) in [4.78, 5) is 17.1. The van der Waals surface area contributed by atoms with Crippen LogP contribution in [0.15, 0.2) is 60.9 Å². The molecule has 29 heavy (non-hydrogen) atoms. The van der Waals surface area contributed by atoms with Crippen molar-refractivity contribution in [2.45, 2.75) is 6.54 Å². The Balaban J connectivity index is 1.40. The molecule has 0 saturated carbocycles. The first-order valence-electron chi connectivity index (χ1n) is 8.94. The van der Waals surface area contributed by atoms with Gasteiger partial charge in [-0.05, 0) is 35.9 Å². The highest BCUT2D eigenvalue weighted by Gasteiger charge is 2.17. The third kappa shape index (κ3) is 3.25. The van der Waals surface area contributed by atoms with Crippen LogP contribution in [0.2, 0.25) is 5.02 Å². The van der Waals surface area contributed by atoms with Crippen molar-refractivity contribution in [3.05, 3.63) is 77.1 Å². The molecular weight excluding hydrogens is 392 g/mol. The smallest absolute Gasteiger partial charge is 0.257 e. The molecule has 2 aromatic carbocycles. The molecule has 0 fully saturated rings. The highest BCUT2D eigenvalue weighted by atomic mass is 35.5. The summed E-state index contributed by atoms with van der Waals surface area (Å²) in [6.45, 7) is 0.564. The fraction of sp³-hybridized carbons (Fsp3) is 0.0952. The molecule has 0 unspecified atom stereocenters. The molecule has 0 saturated heterocycles. The van der Waals surface area contributed by atoms with Crippen LogP contribution in [0.3, 0.4) is 0 Å². The standard InChI is InChI=1S/C21H15ClN4O3/c22-15-3-1-2-14(9-15)17-6-7-23-20-16(11-25-26(17)20)21(27)24-10-13-4-5-18-19(8-13)29-12-28-18/h1-9,11H,10,12H2,(H,24,27). The molecule has 1 amide bonds. The van der Waals surface area contributed by atoms with E-state index in [0.29, 0.717) is 34.3 Å². The van der Waals surface area contributed by atoms with Gasteiger partial charge in [0.15, 0.2) is 17.1 Å². The fourth-order valence-electron chi connectivity index (χ4n) is 3.25. The highest BCUT2D eigenvalue weighted by Crippen LogP contribution is 2.32. The number of fused-ring (bicyclic) bond motifs is 2. The molecule has 0 bridgehead atoms. The summed E-state index contributed by atoms with van der Waals surface area (Å²) < 4.78 is 12.3. The number of carbonyl (C=O) groups excluding carboxylic acids is 1. The Hall–Kier alpha value is -3.58. The van der Waals surface area contributed by atoms with Gasteiger partial charge in [0.1, 0.15) is 5.56 Å². The summed E-state index contributed by atoms with van der Waals surface area (Å²) >= 11 is 6.11. The maximum atomic E-state index is 12.7. The van der Waals surface area contributed by atoms with E-state index in [2.05, 4.69) is 15.4 Å². The first-order valence-corrected chi connectivity index (χ1v) is 9.32. The Bertz CT molecular complexity index is 1240. The quantitative estimate of drug-likeness (QED) is 0.559. The van der Waals surface area contributed by atoms with Gasteiger partial charge in [-0.15, -0.1) is 0 Å². The maximum absolute atomic E-state index is 12.7. The Morgan fingerprint density at radius 1 is 1.14 bits per heavy atom. The minimum atomic E-state index is -0.256. The molecule has 2 aromatic heterocycles. The second-order valence-corrected chi connectivity index (χ2v) is 6.94. The lowest BCUT2D eigenvalue weighted by atomic mass is 10.1. The van der Waals surface area contributed by atoms with Crippen molar-refractivity contribution in [2.75, 3.05) is 6.79 Å². The Labute approximate surface area is 170 Å². The van der Waals surface area contributed by atoms with Gasteiger partial charge in [-0.3, -0.25) is 4.79 Å². The SMILES string of the molecule is O=C(NCc1ccc2c(c1)OCO2)c1cnn2c(-c3cccc(Cl)c3)ccnc12. The topological polar surface area (TPSA) is 77.8 Å². The summed E-state index contributed by atoms with van der Waals surface area (Å²) in [7, 11) is 0. The van der Waals surface area contributed by atoms with Crippen LogP contribution in [-0.4, -0.2) is 27.3 Å². The molecule has 3 heterocycles. The summed E-state index contributed by atoms with van der Waals surface area (Å²) in [6.07, 6.45) is 3.17. The number of amides is 1. The first-order chi connectivity index (χ1) is 14.2. The Morgan fingerprint density at radius 3 is 2.93 bits per heavy atom. The van der Waals surface area contributed by atoms with E-state index < -0.39 is 0 Å². The Morgan fingerprint density at radius 2 is 2.03 bits per heavy atom. The summed E-state index contributed by atoms with van der Waals surface area (Å²) in [5.41, 5.74) is 3.47. The number of hydrogen-bond acceptors (Lipinski definition) is 5. The predicted molar refractivity (Wildman–Crippen MR) is 107 cm³/mol. The zero-order chi connectivity index (χ0) is 19.8. The van der Waals surface area contributed by atoms with Gasteiger partial charge in [0, 0.05) is 23.3 Å². The van der Waals surface area contributed by atoms with E-state index in [1.807, 2.05) is 48.5 Å². The third-order valence-electron chi connectivity index (χ3n) is 4.66. The summed E-state index contributed by atoms with van der Waals surface area (Å²) in [5.74, 6) is 1.13. The summed E-state index contributed by atoms with van der Waals surface area (Å²) in [5, 5.41) is 7.89. The van der Waals surface area contributed by atoms with Crippen molar-refractivity contribution < 1.29 is 14.3 Å². The lowest BCUT2D eigenvalue weighted by Gasteiger charge is -2.07. The number of rotatable bonds is 4. The zero-order valence-electron chi connectivity index (χ0n) is 15.1. The Kier molecular flexibility index (Phi) is 4.29. The van der Waals surface area contributed by atoms with E-state index in [1.54, 1.807) is 10.7 Å². The zero-order valence-corrected chi connectivity index (χ0v) is 15.9. The second-order valence-electron chi connectivity index (χ2n) is 6.50. The molecule has 7 nitrogen and oxygen atoms in total.